The molecule has 0 radical (unpaired) electrons. The van der Waals surface area contributed by atoms with Crippen molar-refractivity contribution in [2.45, 2.75) is 18.1 Å². The summed E-state index contributed by atoms with van der Waals surface area (Å²) < 4.78 is 1.86. The topological polar surface area (TPSA) is 76.9 Å². The summed E-state index contributed by atoms with van der Waals surface area (Å²) >= 11 is 7.16. The second kappa shape index (κ2) is 10.0. The molecule has 0 aliphatic heterocycles. The molecule has 0 atom stereocenters. The second-order valence-electron chi connectivity index (χ2n) is 6.13. The minimum absolute atomic E-state index is 0.0520. The summed E-state index contributed by atoms with van der Waals surface area (Å²) in [4.78, 5) is 24.2. The summed E-state index contributed by atoms with van der Waals surface area (Å²) in [5.41, 5.74) is 1.71. The molecular weight excluding hydrogens is 408 g/mol. The number of amides is 2. The van der Waals surface area contributed by atoms with Crippen LogP contribution in [0.4, 0.5) is 0 Å². The van der Waals surface area contributed by atoms with Crippen molar-refractivity contribution in [2.24, 2.45) is 0 Å². The van der Waals surface area contributed by atoms with Crippen molar-refractivity contribution in [3.05, 3.63) is 77.8 Å². The van der Waals surface area contributed by atoms with Crippen molar-refractivity contribution < 1.29 is 9.59 Å². The molecule has 0 saturated heterocycles. The van der Waals surface area contributed by atoms with Crippen LogP contribution >= 0.6 is 23.4 Å². The Morgan fingerprint density at radius 3 is 2.48 bits per heavy atom. The Morgan fingerprint density at radius 2 is 1.79 bits per heavy atom. The van der Waals surface area contributed by atoms with Crippen molar-refractivity contribution in [3.63, 3.8) is 0 Å². The van der Waals surface area contributed by atoms with E-state index in [2.05, 4.69) is 22.1 Å². The number of benzene rings is 2. The van der Waals surface area contributed by atoms with Gasteiger partial charge in [-0.3, -0.25) is 19.5 Å². The van der Waals surface area contributed by atoms with Gasteiger partial charge in [0, 0.05) is 17.1 Å². The number of hydrogen-bond donors (Lipinski definition) is 1. The molecule has 3 rings (SSSR count). The van der Waals surface area contributed by atoms with Crippen LogP contribution in [0.2, 0.25) is 5.02 Å². The van der Waals surface area contributed by atoms with Crippen molar-refractivity contribution in [2.75, 3.05) is 5.75 Å². The summed E-state index contributed by atoms with van der Waals surface area (Å²) in [5.74, 6) is -0.00543. The molecule has 1 aromatic heterocycles. The Hall–Kier alpha value is -2.90. The number of carbonyl (C=O) groups is 2. The van der Waals surface area contributed by atoms with E-state index >= 15 is 0 Å². The van der Waals surface area contributed by atoms with Gasteiger partial charge >= 0.3 is 0 Å². The number of thioether (sulfide) groups is 1. The van der Waals surface area contributed by atoms with Crippen LogP contribution in [-0.2, 0) is 22.6 Å². The zero-order valence-corrected chi connectivity index (χ0v) is 17.1. The highest BCUT2D eigenvalue weighted by Crippen LogP contribution is 2.25. The van der Waals surface area contributed by atoms with Gasteiger partial charge in [0.15, 0.2) is 11.0 Å². The largest absolute Gasteiger partial charge is 0.298 e. The molecule has 0 unspecified atom stereocenters. The third-order valence-electron chi connectivity index (χ3n) is 3.95. The van der Waals surface area contributed by atoms with Crippen LogP contribution in [0, 0.1) is 0 Å². The van der Waals surface area contributed by atoms with Gasteiger partial charge < -0.3 is 0 Å². The molecular formula is C21H19ClN4O2S. The summed E-state index contributed by atoms with van der Waals surface area (Å²) in [6.07, 6.45) is 1.89. The van der Waals surface area contributed by atoms with Gasteiger partial charge in [-0.2, -0.15) is 0 Å². The number of nitrogens with one attached hydrogen (secondary N) is 1. The zero-order chi connectivity index (χ0) is 20.6. The van der Waals surface area contributed by atoms with Crippen LogP contribution in [0.15, 0.2) is 72.4 Å². The Balaban J connectivity index is 1.62. The maximum atomic E-state index is 12.2. The molecule has 1 heterocycles. The lowest BCUT2D eigenvalue weighted by atomic mass is 10.1. The number of allylic oxidation sites excluding steroid dienone is 1. The molecule has 0 fully saturated rings. The van der Waals surface area contributed by atoms with E-state index in [0.29, 0.717) is 22.5 Å². The normalized spacial score (nSPS) is 10.5. The molecule has 0 aliphatic rings. The second-order valence-corrected chi connectivity index (χ2v) is 7.51. The standard InChI is InChI=1S/C21H19ClN4O2S/c1-2-12-26-20(16-8-10-17(22)11-9-16)24-25-21(26)29-14-19(28)23-18(27)13-15-6-4-3-5-7-15/h2-11H,1,12-14H2,(H,23,27,28). The lowest BCUT2D eigenvalue weighted by molar-refractivity contribution is -0.128. The predicted octanol–water partition coefficient (Wildman–Crippen LogP) is 3.76. The van der Waals surface area contributed by atoms with Crippen molar-refractivity contribution in [3.8, 4) is 11.4 Å². The average molecular weight is 427 g/mol. The van der Waals surface area contributed by atoms with Crippen molar-refractivity contribution in [1.29, 1.82) is 0 Å². The number of aromatic nitrogens is 3. The fraction of sp³-hybridized carbons (Fsp3) is 0.143. The Kier molecular flexibility index (Phi) is 7.21. The number of carbonyl (C=O) groups excluding carboxylic acids is 2. The molecule has 0 saturated carbocycles. The third-order valence-corrected chi connectivity index (χ3v) is 5.17. The van der Waals surface area contributed by atoms with Crippen molar-refractivity contribution >= 4 is 35.2 Å². The summed E-state index contributed by atoms with van der Waals surface area (Å²) in [7, 11) is 0. The molecule has 148 valence electrons. The lowest BCUT2D eigenvalue weighted by Gasteiger charge is -2.08. The summed E-state index contributed by atoms with van der Waals surface area (Å²) in [6.45, 7) is 4.26. The Morgan fingerprint density at radius 1 is 1.07 bits per heavy atom. The van der Waals surface area contributed by atoms with Crippen LogP contribution in [0.1, 0.15) is 5.56 Å². The molecule has 2 aromatic carbocycles. The molecule has 1 N–H and O–H groups in total. The number of rotatable bonds is 8. The minimum atomic E-state index is -0.378. The molecule has 2 amide bonds. The van der Waals surface area contributed by atoms with E-state index < -0.39 is 0 Å². The summed E-state index contributed by atoms with van der Waals surface area (Å²) in [6, 6.07) is 16.5. The van der Waals surface area contributed by atoms with Crippen LogP contribution in [0.25, 0.3) is 11.4 Å². The first-order valence-corrected chi connectivity index (χ1v) is 10.2. The molecule has 0 aliphatic carbocycles. The van der Waals surface area contributed by atoms with E-state index in [0.717, 1.165) is 11.1 Å². The highest BCUT2D eigenvalue weighted by Gasteiger charge is 2.16. The Bertz CT molecular complexity index is 1000. The maximum absolute atomic E-state index is 12.2. The minimum Gasteiger partial charge on any atom is -0.298 e. The number of nitrogens with zero attached hydrogens (tertiary/aromatic N) is 3. The Labute approximate surface area is 178 Å². The van der Waals surface area contributed by atoms with E-state index in [1.807, 2.05) is 47.0 Å². The van der Waals surface area contributed by atoms with Gasteiger partial charge in [0.1, 0.15) is 0 Å². The molecule has 8 heteroatoms. The highest BCUT2D eigenvalue weighted by atomic mass is 35.5. The van der Waals surface area contributed by atoms with E-state index in [1.165, 1.54) is 11.8 Å². The van der Waals surface area contributed by atoms with Gasteiger partial charge in [-0.15, -0.1) is 16.8 Å². The van der Waals surface area contributed by atoms with Gasteiger partial charge in [0.05, 0.1) is 12.2 Å². The molecule has 29 heavy (non-hydrogen) atoms. The van der Waals surface area contributed by atoms with E-state index in [-0.39, 0.29) is 24.0 Å². The van der Waals surface area contributed by atoms with Crippen LogP contribution in [0.3, 0.4) is 0 Å². The van der Waals surface area contributed by atoms with Crippen LogP contribution < -0.4 is 5.32 Å². The third kappa shape index (κ3) is 5.79. The number of hydrogen-bond acceptors (Lipinski definition) is 5. The predicted molar refractivity (Wildman–Crippen MR) is 115 cm³/mol. The number of halogens is 1. The van der Waals surface area contributed by atoms with Gasteiger partial charge in [-0.05, 0) is 29.8 Å². The summed E-state index contributed by atoms with van der Waals surface area (Å²) in [5, 5.41) is 12.0. The first-order valence-electron chi connectivity index (χ1n) is 8.86. The van der Waals surface area contributed by atoms with Gasteiger partial charge in [-0.25, -0.2) is 0 Å². The number of imide groups is 1. The van der Waals surface area contributed by atoms with E-state index in [1.54, 1.807) is 18.2 Å². The first-order chi connectivity index (χ1) is 14.1. The van der Waals surface area contributed by atoms with E-state index in [4.69, 9.17) is 11.6 Å². The fourth-order valence-electron chi connectivity index (χ4n) is 2.65. The molecule has 6 nitrogen and oxygen atoms in total. The smallest absolute Gasteiger partial charge is 0.237 e. The van der Waals surface area contributed by atoms with Gasteiger partial charge in [-0.1, -0.05) is 59.8 Å². The SMILES string of the molecule is C=CCn1c(SCC(=O)NC(=O)Cc2ccccc2)nnc1-c1ccc(Cl)cc1. The zero-order valence-electron chi connectivity index (χ0n) is 15.5. The molecule has 0 spiro atoms. The van der Waals surface area contributed by atoms with E-state index in [9.17, 15) is 9.59 Å². The van der Waals surface area contributed by atoms with Crippen molar-refractivity contribution in [1.82, 2.24) is 20.1 Å². The van der Waals surface area contributed by atoms with Crippen LogP contribution in [0.5, 0.6) is 0 Å². The first kappa shape index (κ1) is 20.8. The van der Waals surface area contributed by atoms with Crippen LogP contribution in [-0.4, -0.2) is 32.3 Å². The molecule has 0 bridgehead atoms. The van der Waals surface area contributed by atoms with Gasteiger partial charge in [0.25, 0.3) is 0 Å². The average Bonchev–Trinajstić information content (AvgIpc) is 3.10. The monoisotopic (exact) mass is 426 g/mol. The quantitative estimate of drug-likeness (QED) is 0.438. The fourth-order valence-corrected chi connectivity index (χ4v) is 3.52. The molecule has 3 aromatic rings. The van der Waals surface area contributed by atoms with Gasteiger partial charge in [0.2, 0.25) is 11.8 Å². The maximum Gasteiger partial charge on any atom is 0.237 e. The highest BCUT2D eigenvalue weighted by molar-refractivity contribution is 7.99. The lowest BCUT2D eigenvalue weighted by Crippen LogP contribution is -2.33.